The maximum absolute atomic E-state index is 13.4. The predicted molar refractivity (Wildman–Crippen MR) is 125 cm³/mol. The van der Waals surface area contributed by atoms with Crippen LogP contribution in [0.4, 0.5) is 5.69 Å². The lowest BCUT2D eigenvalue weighted by Crippen LogP contribution is -2.40. The normalized spacial score (nSPS) is 12.7. The zero-order chi connectivity index (χ0) is 23.4. The van der Waals surface area contributed by atoms with Crippen molar-refractivity contribution in [3.63, 3.8) is 0 Å². The van der Waals surface area contributed by atoms with E-state index in [9.17, 15) is 13.2 Å². The Morgan fingerprint density at radius 1 is 1.03 bits per heavy atom. The van der Waals surface area contributed by atoms with Crippen LogP contribution in [0.1, 0.15) is 16.7 Å². The third-order valence-corrected chi connectivity index (χ3v) is 6.81. The summed E-state index contributed by atoms with van der Waals surface area (Å²) in [6.07, 6.45) is 1.45. The average molecular weight is 466 g/mol. The van der Waals surface area contributed by atoms with Crippen molar-refractivity contribution in [1.82, 2.24) is 5.43 Å². The molecule has 1 N–H and O–H groups in total. The summed E-state index contributed by atoms with van der Waals surface area (Å²) in [5, 5.41) is 3.96. The molecule has 0 aliphatic carbocycles. The van der Waals surface area contributed by atoms with Crippen molar-refractivity contribution in [2.75, 3.05) is 17.6 Å². The fourth-order valence-corrected chi connectivity index (χ4v) is 4.95. The van der Waals surface area contributed by atoms with Gasteiger partial charge in [-0.3, -0.25) is 9.10 Å². The van der Waals surface area contributed by atoms with Crippen LogP contribution in [0.5, 0.6) is 11.5 Å². The molecule has 8 nitrogen and oxygen atoms in total. The van der Waals surface area contributed by atoms with E-state index in [2.05, 4.69) is 10.5 Å². The van der Waals surface area contributed by atoms with Crippen molar-refractivity contribution < 1.29 is 22.7 Å². The number of anilines is 1. The van der Waals surface area contributed by atoms with Gasteiger partial charge in [0, 0.05) is 0 Å². The molecule has 0 bridgehead atoms. The number of amides is 1. The molecule has 0 spiro atoms. The second-order valence-corrected chi connectivity index (χ2v) is 9.38. The Labute approximate surface area is 192 Å². The van der Waals surface area contributed by atoms with E-state index in [0.717, 1.165) is 15.4 Å². The molecule has 1 amide bonds. The van der Waals surface area contributed by atoms with Gasteiger partial charge in [0.2, 0.25) is 6.79 Å². The summed E-state index contributed by atoms with van der Waals surface area (Å²) in [6, 6.07) is 18.7. The Morgan fingerprint density at radius 3 is 2.55 bits per heavy atom. The summed E-state index contributed by atoms with van der Waals surface area (Å²) in [4.78, 5) is 12.8. The first-order valence-corrected chi connectivity index (χ1v) is 11.7. The molecule has 1 aliphatic heterocycles. The zero-order valence-corrected chi connectivity index (χ0v) is 19.0. The minimum absolute atomic E-state index is 0.0987. The Bertz CT molecular complexity index is 1310. The fraction of sp³-hybridized carbons (Fsp3) is 0.167. The van der Waals surface area contributed by atoms with E-state index in [0.29, 0.717) is 22.7 Å². The van der Waals surface area contributed by atoms with Gasteiger partial charge in [-0.1, -0.05) is 35.9 Å². The van der Waals surface area contributed by atoms with E-state index in [1.165, 1.54) is 18.3 Å². The van der Waals surface area contributed by atoms with Crippen molar-refractivity contribution >= 4 is 27.8 Å². The molecule has 33 heavy (non-hydrogen) atoms. The summed E-state index contributed by atoms with van der Waals surface area (Å²) in [7, 11) is -3.98. The molecular formula is C24H23N3O5S. The second-order valence-electron chi connectivity index (χ2n) is 7.52. The quantitative estimate of drug-likeness (QED) is 0.426. The maximum Gasteiger partial charge on any atom is 0.264 e. The predicted octanol–water partition coefficient (Wildman–Crippen LogP) is 3.38. The van der Waals surface area contributed by atoms with E-state index >= 15 is 0 Å². The lowest BCUT2D eigenvalue weighted by atomic mass is 10.1. The Morgan fingerprint density at radius 2 is 1.79 bits per heavy atom. The standard InChI is InChI=1S/C24H23N3O5S/c1-17-8-10-21(18(2)12-17)27(33(29,30)20-6-4-3-5-7-20)15-24(28)26-25-14-19-9-11-22-23(13-19)32-16-31-22/h3-14H,15-16H2,1-2H3,(H,26,28). The molecule has 3 aromatic rings. The largest absolute Gasteiger partial charge is 0.454 e. The van der Waals surface area contributed by atoms with Crippen molar-refractivity contribution in [3.8, 4) is 11.5 Å². The molecule has 0 saturated heterocycles. The molecule has 0 atom stereocenters. The second kappa shape index (κ2) is 9.33. The summed E-state index contributed by atoms with van der Waals surface area (Å²) in [6.45, 7) is 3.46. The van der Waals surface area contributed by atoms with Crippen molar-refractivity contribution in [2.45, 2.75) is 18.7 Å². The minimum atomic E-state index is -3.98. The number of sulfonamides is 1. The van der Waals surface area contributed by atoms with Gasteiger partial charge in [0.25, 0.3) is 15.9 Å². The highest BCUT2D eigenvalue weighted by molar-refractivity contribution is 7.92. The molecule has 9 heteroatoms. The van der Waals surface area contributed by atoms with Crippen LogP contribution in [0.25, 0.3) is 0 Å². The number of ether oxygens (including phenoxy) is 2. The van der Waals surface area contributed by atoms with Crippen LogP contribution in [-0.2, 0) is 14.8 Å². The number of hydrazone groups is 1. The Hall–Kier alpha value is -3.85. The number of aryl methyl sites for hydroxylation is 2. The van der Waals surface area contributed by atoms with E-state index in [1.54, 1.807) is 42.5 Å². The summed E-state index contributed by atoms with van der Waals surface area (Å²) in [5.41, 5.74) is 5.27. The molecule has 170 valence electrons. The number of nitrogens with one attached hydrogen (secondary N) is 1. The number of fused-ring (bicyclic) bond motifs is 1. The summed E-state index contributed by atoms with van der Waals surface area (Å²) in [5.74, 6) is 0.665. The average Bonchev–Trinajstić information content (AvgIpc) is 3.26. The highest BCUT2D eigenvalue weighted by Crippen LogP contribution is 2.32. The zero-order valence-electron chi connectivity index (χ0n) is 18.2. The maximum atomic E-state index is 13.4. The minimum Gasteiger partial charge on any atom is -0.454 e. The SMILES string of the molecule is Cc1ccc(N(CC(=O)NN=Cc2ccc3c(c2)OCO3)S(=O)(=O)c2ccccc2)c(C)c1. The number of carbonyl (C=O) groups is 1. The third kappa shape index (κ3) is 4.98. The monoisotopic (exact) mass is 465 g/mol. The van der Waals surface area contributed by atoms with Gasteiger partial charge in [0.15, 0.2) is 11.5 Å². The molecule has 0 saturated carbocycles. The lowest BCUT2D eigenvalue weighted by Gasteiger charge is -2.25. The highest BCUT2D eigenvalue weighted by Gasteiger charge is 2.28. The van der Waals surface area contributed by atoms with Crippen molar-refractivity contribution in [2.24, 2.45) is 5.10 Å². The van der Waals surface area contributed by atoms with E-state index in [4.69, 9.17) is 9.47 Å². The van der Waals surface area contributed by atoms with Gasteiger partial charge in [-0.15, -0.1) is 0 Å². The van der Waals surface area contributed by atoms with Gasteiger partial charge in [-0.2, -0.15) is 5.10 Å². The summed E-state index contributed by atoms with van der Waals surface area (Å²) < 4.78 is 38.5. The van der Waals surface area contributed by atoms with Gasteiger partial charge in [-0.05, 0) is 61.4 Å². The van der Waals surface area contributed by atoms with Crippen LogP contribution in [-0.4, -0.2) is 33.9 Å². The number of hydrogen-bond donors (Lipinski definition) is 1. The number of benzene rings is 3. The molecule has 0 unspecified atom stereocenters. The first-order chi connectivity index (χ1) is 15.8. The number of carbonyl (C=O) groups excluding carboxylic acids is 1. The summed E-state index contributed by atoms with van der Waals surface area (Å²) >= 11 is 0. The van der Waals surface area contributed by atoms with Crippen LogP contribution in [0.3, 0.4) is 0 Å². The van der Waals surface area contributed by atoms with E-state index < -0.39 is 22.5 Å². The third-order valence-electron chi connectivity index (χ3n) is 5.04. The van der Waals surface area contributed by atoms with Crippen LogP contribution in [0, 0.1) is 13.8 Å². The molecule has 4 rings (SSSR count). The van der Waals surface area contributed by atoms with Gasteiger partial charge in [0.05, 0.1) is 16.8 Å². The molecule has 0 aromatic heterocycles. The number of nitrogens with zero attached hydrogens (tertiary/aromatic N) is 2. The van der Waals surface area contributed by atoms with Crippen molar-refractivity contribution in [3.05, 3.63) is 83.4 Å². The topological polar surface area (TPSA) is 97.3 Å². The van der Waals surface area contributed by atoms with E-state index in [-0.39, 0.29) is 11.7 Å². The van der Waals surface area contributed by atoms with Crippen LogP contribution >= 0.6 is 0 Å². The van der Waals surface area contributed by atoms with E-state index in [1.807, 2.05) is 26.0 Å². The highest BCUT2D eigenvalue weighted by atomic mass is 32.2. The molecule has 0 radical (unpaired) electrons. The van der Waals surface area contributed by atoms with Gasteiger partial charge >= 0.3 is 0 Å². The van der Waals surface area contributed by atoms with Gasteiger partial charge < -0.3 is 9.47 Å². The van der Waals surface area contributed by atoms with Gasteiger partial charge in [-0.25, -0.2) is 13.8 Å². The Kier molecular flexibility index (Phi) is 6.32. The van der Waals surface area contributed by atoms with Crippen LogP contribution < -0.4 is 19.2 Å². The van der Waals surface area contributed by atoms with Crippen LogP contribution in [0.15, 0.2) is 76.7 Å². The molecule has 1 heterocycles. The molecular weight excluding hydrogens is 442 g/mol. The smallest absolute Gasteiger partial charge is 0.264 e. The first kappa shape index (κ1) is 22.3. The molecule has 1 aliphatic rings. The number of hydrogen-bond acceptors (Lipinski definition) is 6. The molecule has 0 fully saturated rings. The number of rotatable bonds is 7. The van der Waals surface area contributed by atoms with Crippen molar-refractivity contribution in [1.29, 1.82) is 0 Å². The fourth-order valence-electron chi connectivity index (χ4n) is 3.44. The lowest BCUT2D eigenvalue weighted by molar-refractivity contribution is -0.119. The van der Waals surface area contributed by atoms with Gasteiger partial charge in [0.1, 0.15) is 6.54 Å². The van der Waals surface area contributed by atoms with Crippen LogP contribution in [0.2, 0.25) is 0 Å². The molecule has 3 aromatic carbocycles. The Balaban J connectivity index is 1.55. The first-order valence-electron chi connectivity index (χ1n) is 10.2.